The number of methoxy groups -OCH3 is 1. The number of nitrogens with one attached hydrogen (secondary N) is 1. The summed E-state index contributed by atoms with van der Waals surface area (Å²) in [5, 5.41) is 7.50. The van der Waals surface area contributed by atoms with Crippen molar-refractivity contribution in [3.63, 3.8) is 0 Å². The topological polar surface area (TPSA) is 125 Å². The van der Waals surface area contributed by atoms with Crippen molar-refractivity contribution in [3.8, 4) is 5.75 Å². The minimum absolute atomic E-state index is 0.0935. The summed E-state index contributed by atoms with van der Waals surface area (Å²) in [6.45, 7) is -0.305. The van der Waals surface area contributed by atoms with Gasteiger partial charge in [-0.3, -0.25) is 4.79 Å². The molecule has 1 amide bonds. The zero-order chi connectivity index (χ0) is 20.0. The second-order valence-electron chi connectivity index (χ2n) is 5.39. The SMILES string of the molecule is COc1cccc(CNC(=O)COC(=O)c2ccc(Cl)c(S(N)(=O)=O)c2)c1. The number of carbonyl (C=O) groups excluding carboxylic acids is 2. The van der Waals surface area contributed by atoms with Crippen LogP contribution < -0.4 is 15.2 Å². The second kappa shape index (κ2) is 8.85. The van der Waals surface area contributed by atoms with Crippen molar-refractivity contribution in [2.45, 2.75) is 11.4 Å². The van der Waals surface area contributed by atoms with Gasteiger partial charge in [-0.1, -0.05) is 23.7 Å². The van der Waals surface area contributed by atoms with Crippen LogP contribution >= 0.6 is 11.6 Å². The number of ether oxygens (including phenoxy) is 2. The van der Waals surface area contributed by atoms with Crippen molar-refractivity contribution >= 4 is 33.5 Å². The van der Waals surface area contributed by atoms with E-state index in [0.717, 1.165) is 11.6 Å². The average molecular weight is 413 g/mol. The highest BCUT2D eigenvalue weighted by Crippen LogP contribution is 2.21. The van der Waals surface area contributed by atoms with Gasteiger partial charge in [0.05, 0.1) is 17.7 Å². The van der Waals surface area contributed by atoms with E-state index in [1.54, 1.807) is 24.3 Å². The molecule has 27 heavy (non-hydrogen) atoms. The Kier molecular flexibility index (Phi) is 6.78. The zero-order valence-corrected chi connectivity index (χ0v) is 15.8. The minimum atomic E-state index is -4.10. The van der Waals surface area contributed by atoms with E-state index in [1.807, 2.05) is 0 Å². The molecule has 0 bridgehead atoms. The van der Waals surface area contributed by atoms with Gasteiger partial charge in [0.15, 0.2) is 6.61 Å². The Labute approximate surface area is 161 Å². The lowest BCUT2D eigenvalue weighted by Gasteiger charge is -2.09. The number of amides is 1. The molecule has 8 nitrogen and oxygen atoms in total. The molecule has 3 N–H and O–H groups in total. The first-order valence-electron chi connectivity index (χ1n) is 7.60. The first-order valence-corrected chi connectivity index (χ1v) is 9.52. The van der Waals surface area contributed by atoms with Gasteiger partial charge in [0, 0.05) is 6.54 Å². The van der Waals surface area contributed by atoms with Gasteiger partial charge in [0.25, 0.3) is 5.91 Å². The van der Waals surface area contributed by atoms with E-state index in [4.69, 9.17) is 26.2 Å². The maximum Gasteiger partial charge on any atom is 0.338 e. The van der Waals surface area contributed by atoms with Crippen molar-refractivity contribution < 1.29 is 27.5 Å². The fourth-order valence-electron chi connectivity index (χ4n) is 2.10. The molecule has 0 heterocycles. The van der Waals surface area contributed by atoms with Gasteiger partial charge in [-0.15, -0.1) is 0 Å². The Balaban J connectivity index is 1.92. The van der Waals surface area contributed by atoms with Crippen LogP contribution in [-0.2, 0) is 26.1 Å². The average Bonchev–Trinajstić information content (AvgIpc) is 2.64. The maximum absolute atomic E-state index is 12.0. The Bertz CT molecular complexity index is 962. The molecule has 144 valence electrons. The highest BCUT2D eigenvalue weighted by molar-refractivity contribution is 7.89. The van der Waals surface area contributed by atoms with Crippen LogP contribution in [0.4, 0.5) is 0 Å². The molecule has 0 unspecified atom stereocenters. The highest BCUT2D eigenvalue weighted by atomic mass is 35.5. The normalized spacial score (nSPS) is 10.9. The van der Waals surface area contributed by atoms with E-state index >= 15 is 0 Å². The van der Waals surface area contributed by atoms with Crippen molar-refractivity contribution in [2.75, 3.05) is 13.7 Å². The fourth-order valence-corrected chi connectivity index (χ4v) is 3.17. The Morgan fingerprint density at radius 1 is 1.19 bits per heavy atom. The number of carbonyl (C=O) groups is 2. The molecule has 2 aromatic rings. The third-order valence-electron chi connectivity index (χ3n) is 3.43. The molecule has 0 aliphatic rings. The third kappa shape index (κ3) is 5.95. The molecular weight excluding hydrogens is 396 g/mol. The van der Waals surface area contributed by atoms with Crippen LogP contribution in [0.25, 0.3) is 0 Å². The summed E-state index contributed by atoms with van der Waals surface area (Å²) < 4.78 is 32.8. The lowest BCUT2D eigenvalue weighted by Crippen LogP contribution is -2.28. The molecule has 0 saturated carbocycles. The van der Waals surface area contributed by atoms with E-state index in [9.17, 15) is 18.0 Å². The molecule has 0 fully saturated rings. The van der Waals surface area contributed by atoms with E-state index in [1.165, 1.54) is 19.2 Å². The van der Waals surface area contributed by atoms with Gasteiger partial charge in [-0.25, -0.2) is 18.4 Å². The number of nitrogens with two attached hydrogens (primary N) is 1. The molecule has 0 saturated heterocycles. The predicted octanol–water partition coefficient (Wildman–Crippen LogP) is 1.47. The summed E-state index contributed by atoms with van der Waals surface area (Å²) >= 11 is 5.75. The number of halogens is 1. The molecule has 0 atom stereocenters. The minimum Gasteiger partial charge on any atom is -0.497 e. The molecule has 2 rings (SSSR count). The standard InChI is InChI=1S/C17H17ClN2O6S/c1-25-13-4-2-3-11(7-13)9-20-16(21)10-26-17(22)12-5-6-14(18)15(8-12)27(19,23)24/h2-8H,9-10H2,1H3,(H,20,21)(H2,19,23,24). The smallest absolute Gasteiger partial charge is 0.338 e. The van der Waals surface area contributed by atoms with Gasteiger partial charge in [0.2, 0.25) is 10.0 Å². The fraction of sp³-hybridized carbons (Fsp3) is 0.176. The van der Waals surface area contributed by atoms with Crippen molar-refractivity contribution in [3.05, 3.63) is 58.6 Å². The Hall–Kier alpha value is -2.62. The number of esters is 1. The molecular formula is C17H17ClN2O6S. The van der Waals surface area contributed by atoms with Crippen LogP contribution in [-0.4, -0.2) is 34.0 Å². The van der Waals surface area contributed by atoms with E-state index < -0.39 is 33.4 Å². The predicted molar refractivity (Wildman–Crippen MR) is 97.9 cm³/mol. The monoisotopic (exact) mass is 412 g/mol. The number of rotatable bonds is 7. The third-order valence-corrected chi connectivity index (χ3v) is 4.82. The van der Waals surface area contributed by atoms with Crippen LogP contribution in [0.1, 0.15) is 15.9 Å². The molecule has 2 aromatic carbocycles. The quantitative estimate of drug-likeness (QED) is 0.663. The second-order valence-corrected chi connectivity index (χ2v) is 7.33. The van der Waals surface area contributed by atoms with Crippen molar-refractivity contribution in [2.24, 2.45) is 5.14 Å². The van der Waals surface area contributed by atoms with Crippen molar-refractivity contribution in [1.82, 2.24) is 5.32 Å². The maximum atomic E-state index is 12.0. The van der Waals surface area contributed by atoms with Gasteiger partial charge >= 0.3 is 5.97 Å². The first-order chi connectivity index (χ1) is 12.7. The van der Waals surface area contributed by atoms with Crippen LogP contribution in [0.5, 0.6) is 5.75 Å². The Morgan fingerprint density at radius 3 is 2.59 bits per heavy atom. The largest absolute Gasteiger partial charge is 0.497 e. The summed E-state index contributed by atoms with van der Waals surface area (Å²) in [5.74, 6) is -0.749. The summed E-state index contributed by atoms with van der Waals surface area (Å²) in [5.41, 5.74) is 0.716. The van der Waals surface area contributed by atoms with Crippen LogP contribution in [0, 0.1) is 0 Å². The molecule has 0 aliphatic heterocycles. The summed E-state index contributed by atoms with van der Waals surface area (Å²) in [6.07, 6.45) is 0. The van der Waals surface area contributed by atoms with Crippen LogP contribution in [0.3, 0.4) is 0 Å². The van der Waals surface area contributed by atoms with E-state index in [0.29, 0.717) is 5.75 Å². The lowest BCUT2D eigenvalue weighted by molar-refractivity contribution is -0.124. The van der Waals surface area contributed by atoms with E-state index in [-0.39, 0.29) is 17.1 Å². The molecule has 0 radical (unpaired) electrons. The van der Waals surface area contributed by atoms with Crippen LogP contribution in [0.15, 0.2) is 47.4 Å². The number of benzene rings is 2. The van der Waals surface area contributed by atoms with Crippen molar-refractivity contribution in [1.29, 1.82) is 0 Å². The lowest BCUT2D eigenvalue weighted by atomic mass is 10.2. The number of hydrogen-bond donors (Lipinski definition) is 2. The zero-order valence-electron chi connectivity index (χ0n) is 14.3. The van der Waals surface area contributed by atoms with E-state index in [2.05, 4.69) is 5.32 Å². The summed E-state index contributed by atoms with van der Waals surface area (Å²) in [7, 11) is -2.56. The molecule has 0 aromatic heterocycles. The first kappa shape index (κ1) is 20.7. The van der Waals surface area contributed by atoms with Gasteiger partial charge in [0.1, 0.15) is 10.6 Å². The molecule has 0 spiro atoms. The summed E-state index contributed by atoms with van der Waals surface area (Å²) in [4.78, 5) is 23.4. The van der Waals surface area contributed by atoms with Gasteiger partial charge in [-0.05, 0) is 35.9 Å². The van der Waals surface area contributed by atoms with Gasteiger partial charge < -0.3 is 14.8 Å². The highest BCUT2D eigenvalue weighted by Gasteiger charge is 2.17. The Morgan fingerprint density at radius 2 is 1.93 bits per heavy atom. The number of hydrogen-bond acceptors (Lipinski definition) is 6. The van der Waals surface area contributed by atoms with Gasteiger partial charge in [-0.2, -0.15) is 0 Å². The number of sulfonamides is 1. The molecule has 0 aliphatic carbocycles. The molecule has 10 heteroatoms. The summed E-state index contributed by atoms with van der Waals surface area (Å²) in [6, 6.07) is 10.6. The van der Waals surface area contributed by atoms with Crippen LogP contribution in [0.2, 0.25) is 5.02 Å². The number of primary sulfonamides is 1.